The average molecular weight is 238 g/mol. The lowest BCUT2D eigenvalue weighted by Crippen LogP contribution is -2.19. The molecule has 0 saturated heterocycles. The van der Waals surface area contributed by atoms with Crippen molar-refractivity contribution in [3.05, 3.63) is 36.0 Å². The Labute approximate surface area is 105 Å². The fourth-order valence-electron chi connectivity index (χ4n) is 1.43. The summed E-state index contributed by atoms with van der Waals surface area (Å²) in [5, 5.41) is 18.6. The van der Waals surface area contributed by atoms with Gasteiger partial charge in [-0.05, 0) is 46.5 Å². The molecule has 2 nitrogen and oxygen atoms in total. The first-order valence-corrected chi connectivity index (χ1v) is 6.19. The van der Waals surface area contributed by atoms with Crippen molar-refractivity contribution < 1.29 is 10.2 Å². The molecule has 1 atom stereocenters. The molecular weight excluding hydrogens is 212 g/mol. The third-order valence-electron chi connectivity index (χ3n) is 2.86. The highest BCUT2D eigenvalue weighted by molar-refractivity contribution is 5.04. The van der Waals surface area contributed by atoms with Crippen LogP contribution in [0.25, 0.3) is 0 Å². The van der Waals surface area contributed by atoms with Crippen molar-refractivity contribution in [2.24, 2.45) is 0 Å². The molecule has 0 rings (SSSR count). The monoisotopic (exact) mass is 238 g/mol. The molecule has 0 aliphatic carbocycles. The van der Waals surface area contributed by atoms with Crippen LogP contribution >= 0.6 is 0 Å². The fourth-order valence-corrected chi connectivity index (χ4v) is 1.43. The number of aliphatic hydroxyl groups excluding tert-OH is 1. The van der Waals surface area contributed by atoms with Gasteiger partial charge in [0.2, 0.25) is 0 Å². The second-order valence-corrected chi connectivity index (χ2v) is 4.90. The van der Waals surface area contributed by atoms with Crippen LogP contribution in [-0.2, 0) is 0 Å². The number of aliphatic hydroxyl groups is 2. The van der Waals surface area contributed by atoms with Crippen molar-refractivity contribution in [2.75, 3.05) is 6.61 Å². The van der Waals surface area contributed by atoms with Crippen LogP contribution in [0.15, 0.2) is 36.0 Å². The van der Waals surface area contributed by atoms with Gasteiger partial charge in [0.1, 0.15) is 0 Å². The van der Waals surface area contributed by atoms with Crippen LogP contribution in [0.1, 0.15) is 46.5 Å². The van der Waals surface area contributed by atoms with Crippen molar-refractivity contribution in [3.63, 3.8) is 0 Å². The van der Waals surface area contributed by atoms with E-state index in [4.69, 9.17) is 5.11 Å². The van der Waals surface area contributed by atoms with Gasteiger partial charge in [-0.3, -0.25) is 0 Å². The van der Waals surface area contributed by atoms with E-state index in [2.05, 4.69) is 25.7 Å². The van der Waals surface area contributed by atoms with Crippen LogP contribution in [-0.4, -0.2) is 22.4 Å². The summed E-state index contributed by atoms with van der Waals surface area (Å²) in [6.45, 7) is 9.56. The summed E-state index contributed by atoms with van der Waals surface area (Å²) < 4.78 is 0. The van der Waals surface area contributed by atoms with Crippen LogP contribution in [0.4, 0.5) is 0 Å². The largest absolute Gasteiger partial charge is 0.392 e. The van der Waals surface area contributed by atoms with E-state index in [0.717, 1.165) is 24.8 Å². The molecule has 0 unspecified atom stereocenters. The van der Waals surface area contributed by atoms with Crippen molar-refractivity contribution in [1.29, 1.82) is 0 Å². The topological polar surface area (TPSA) is 40.5 Å². The van der Waals surface area contributed by atoms with Gasteiger partial charge in [-0.15, -0.1) is 6.58 Å². The van der Waals surface area contributed by atoms with Crippen molar-refractivity contribution >= 4 is 0 Å². The lowest BCUT2D eigenvalue weighted by atomic mass is 9.99. The van der Waals surface area contributed by atoms with E-state index in [1.807, 2.05) is 6.92 Å². The fraction of sp³-hybridized carbons (Fsp3) is 0.600. The Bertz CT molecular complexity index is 285. The summed E-state index contributed by atoms with van der Waals surface area (Å²) in [7, 11) is 0. The van der Waals surface area contributed by atoms with E-state index >= 15 is 0 Å². The molecule has 0 aromatic rings. The molecule has 2 N–H and O–H groups in total. The normalized spacial score (nSPS) is 16.8. The Hall–Kier alpha value is -0.860. The SMILES string of the molecule is C=C[C@@](C)(O)CC/C=C(\C)CC/C=C(/C)CO. The molecule has 0 radical (unpaired) electrons. The zero-order chi connectivity index (χ0) is 13.3. The second-order valence-electron chi connectivity index (χ2n) is 4.90. The molecule has 0 aromatic carbocycles. The second kappa shape index (κ2) is 8.26. The van der Waals surface area contributed by atoms with Gasteiger partial charge in [0.25, 0.3) is 0 Å². The predicted molar refractivity (Wildman–Crippen MR) is 73.9 cm³/mol. The summed E-state index contributed by atoms with van der Waals surface area (Å²) in [5.41, 5.74) is 1.59. The number of allylic oxidation sites excluding steroid dienone is 3. The first-order valence-electron chi connectivity index (χ1n) is 6.19. The van der Waals surface area contributed by atoms with Gasteiger partial charge in [-0.25, -0.2) is 0 Å². The minimum absolute atomic E-state index is 0.144. The van der Waals surface area contributed by atoms with Crippen molar-refractivity contribution in [1.82, 2.24) is 0 Å². The van der Waals surface area contributed by atoms with Crippen molar-refractivity contribution in [3.8, 4) is 0 Å². The standard InChI is InChI=1S/C15H26O2/c1-5-15(4,17)11-7-10-13(2)8-6-9-14(3)12-16/h5,9-10,16-17H,1,6-8,11-12H2,2-4H3/b13-10+,14-9-/t15-/m1/s1. The van der Waals surface area contributed by atoms with E-state index in [1.54, 1.807) is 13.0 Å². The molecule has 17 heavy (non-hydrogen) atoms. The Morgan fingerprint density at radius 1 is 1.18 bits per heavy atom. The van der Waals surface area contributed by atoms with Crippen LogP contribution in [0.2, 0.25) is 0 Å². The quantitative estimate of drug-likeness (QED) is 0.636. The molecule has 0 heterocycles. The lowest BCUT2D eigenvalue weighted by Gasteiger charge is -2.16. The molecule has 0 amide bonds. The van der Waals surface area contributed by atoms with Gasteiger partial charge < -0.3 is 10.2 Å². The molecule has 0 aliphatic heterocycles. The van der Waals surface area contributed by atoms with Gasteiger partial charge in [0.15, 0.2) is 0 Å². The maximum absolute atomic E-state index is 9.73. The molecule has 0 bridgehead atoms. The molecule has 0 fully saturated rings. The summed E-state index contributed by atoms with van der Waals surface area (Å²) >= 11 is 0. The molecule has 98 valence electrons. The van der Waals surface area contributed by atoms with E-state index < -0.39 is 5.60 Å². The Balaban J connectivity index is 3.91. The highest BCUT2D eigenvalue weighted by Gasteiger charge is 2.13. The summed E-state index contributed by atoms with van der Waals surface area (Å²) in [6.07, 6.45) is 9.37. The Kier molecular flexibility index (Phi) is 7.85. The Morgan fingerprint density at radius 2 is 1.76 bits per heavy atom. The van der Waals surface area contributed by atoms with Gasteiger partial charge in [0.05, 0.1) is 12.2 Å². The number of rotatable bonds is 8. The first kappa shape index (κ1) is 16.1. The molecular formula is C15H26O2. The summed E-state index contributed by atoms with van der Waals surface area (Å²) in [4.78, 5) is 0. The van der Waals surface area contributed by atoms with Gasteiger partial charge in [-0.2, -0.15) is 0 Å². The van der Waals surface area contributed by atoms with E-state index in [1.165, 1.54) is 5.57 Å². The molecule has 0 aliphatic rings. The zero-order valence-corrected chi connectivity index (χ0v) is 11.4. The van der Waals surface area contributed by atoms with E-state index in [-0.39, 0.29) is 6.61 Å². The number of hydrogen-bond acceptors (Lipinski definition) is 2. The number of hydrogen-bond donors (Lipinski definition) is 2. The average Bonchev–Trinajstić information content (AvgIpc) is 2.28. The Morgan fingerprint density at radius 3 is 2.29 bits per heavy atom. The highest BCUT2D eigenvalue weighted by atomic mass is 16.3. The first-order chi connectivity index (χ1) is 7.91. The zero-order valence-electron chi connectivity index (χ0n) is 11.4. The van der Waals surface area contributed by atoms with E-state index in [0.29, 0.717) is 6.42 Å². The smallest absolute Gasteiger partial charge is 0.0800 e. The van der Waals surface area contributed by atoms with Crippen LogP contribution in [0.5, 0.6) is 0 Å². The summed E-state index contributed by atoms with van der Waals surface area (Å²) in [6, 6.07) is 0. The van der Waals surface area contributed by atoms with Gasteiger partial charge in [0, 0.05) is 0 Å². The van der Waals surface area contributed by atoms with Crippen LogP contribution in [0, 0.1) is 0 Å². The van der Waals surface area contributed by atoms with Gasteiger partial charge in [-0.1, -0.05) is 29.4 Å². The maximum Gasteiger partial charge on any atom is 0.0800 e. The van der Waals surface area contributed by atoms with Crippen molar-refractivity contribution in [2.45, 2.75) is 52.1 Å². The van der Waals surface area contributed by atoms with Crippen LogP contribution in [0.3, 0.4) is 0 Å². The lowest BCUT2D eigenvalue weighted by molar-refractivity contribution is 0.103. The third-order valence-corrected chi connectivity index (χ3v) is 2.86. The molecule has 2 heteroatoms. The maximum atomic E-state index is 9.73. The summed E-state index contributed by atoms with van der Waals surface area (Å²) in [5.74, 6) is 0. The van der Waals surface area contributed by atoms with E-state index in [9.17, 15) is 5.11 Å². The molecule has 0 saturated carbocycles. The minimum Gasteiger partial charge on any atom is -0.392 e. The predicted octanol–water partition coefficient (Wildman–Crippen LogP) is 3.37. The third kappa shape index (κ3) is 8.90. The minimum atomic E-state index is -0.760. The highest BCUT2D eigenvalue weighted by Crippen LogP contribution is 2.15. The molecule has 0 spiro atoms. The van der Waals surface area contributed by atoms with Crippen LogP contribution < -0.4 is 0 Å². The van der Waals surface area contributed by atoms with Gasteiger partial charge >= 0.3 is 0 Å². The molecule has 0 aromatic heterocycles.